The third-order valence-electron chi connectivity index (χ3n) is 5.17. The summed E-state index contributed by atoms with van der Waals surface area (Å²) in [6.07, 6.45) is 5.64. The Morgan fingerprint density at radius 1 is 1.04 bits per heavy atom. The van der Waals surface area contributed by atoms with Gasteiger partial charge in [0.15, 0.2) is 0 Å². The van der Waals surface area contributed by atoms with E-state index in [0.29, 0.717) is 11.6 Å². The van der Waals surface area contributed by atoms with Crippen molar-refractivity contribution >= 4 is 17.6 Å². The highest BCUT2D eigenvalue weighted by molar-refractivity contribution is 5.95. The molecule has 0 unspecified atom stereocenters. The number of amides is 1. The molecule has 3 aliphatic carbocycles. The number of carboxylic acids is 1. The number of carbonyl (C=O) groups excluding carboxylic acids is 2. The van der Waals surface area contributed by atoms with Crippen LogP contribution in [0, 0.1) is 23.7 Å². The lowest BCUT2D eigenvalue weighted by Gasteiger charge is -2.44. The van der Waals surface area contributed by atoms with Crippen LogP contribution in [-0.4, -0.2) is 11.9 Å². The summed E-state index contributed by atoms with van der Waals surface area (Å²) in [6.45, 7) is 4.23. The number of nitrogens with one attached hydrogen (secondary N) is 1. The van der Waals surface area contributed by atoms with E-state index in [0.717, 1.165) is 12.8 Å². The summed E-state index contributed by atoms with van der Waals surface area (Å²) in [5.74, 6) is -2.22. The number of carbonyl (C=O) groups is 2. The molecule has 4 nitrogen and oxygen atoms in total. The zero-order chi connectivity index (χ0) is 16.6. The third-order valence-corrected chi connectivity index (χ3v) is 5.17. The fraction of sp³-hybridized carbons (Fsp3) is 0.474. The zero-order valence-corrected chi connectivity index (χ0v) is 13.5. The van der Waals surface area contributed by atoms with Crippen molar-refractivity contribution in [2.45, 2.75) is 32.6 Å². The van der Waals surface area contributed by atoms with Gasteiger partial charge < -0.3 is 15.2 Å². The summed E-state index contributed by atoms with van der Waals surface area (Å²) in [5.41, 5.74) is 1.91. The van der Waals surface area contributed by atoms with Gasteiger partial charge in [-0.05, 0) is 48.3 Å². The maximum absolute atomic E-state index is 12.7. The van der Waals surface area contributed by atoms with E-state index < -0.39 is 17.8 Å². The Labute approximate surface area is 136 Å². The minimum Gasteiger partial charge on any atom is -0.550 e. The predicted octanol–water partition coefficient (Wildman–Crippen LogP) is 2.33. The Morgan fingerprint density at radius 2 is 1.61 bits per heavy atom. The minimum absolute atomic E-state index is 0.00200. The number of allylic oxidation sites excluding steroid dienone is 2. The van der Waals surface area contributed by atoms with Gasteiger partial charge in [0.1, 0.15) is 0 Å². The molecule has 1 aromatic carbocycles. The van der Waals surface area contributed by atoms with E-state index in [4.69, 9.17) is 0 Å². The van der Waals surface area contributed by atoms with E-state index in [9.17, 15) is 14.7 Å². The van der Waals surface area contributed by atoms with Crippen LogP contribution in [0.15, 0.2) is 36.4 Å². The van der Waals surface area contributed by atoms with Crippen molar-refractivity contribution in [1.29, 1.82) is 0 Å². The van der Waals surface area contributed by atoms with Crippen molar-refractivity contribution in [3.63, 3.8) is 0 Å². The van der Waals surface area contributed by atoms with E-state index in [1.54, 1.807) is 0 Å². The Bertz CT molecular complexity index is 633. The summed E-state index contributed by atoms with van der Waals surface area (Å²) in [6, 6.07) is 7.73. The first-order valence-corrected chi connectivity index (χ1v) is 8.27. The van der Waals surface area contributed by atoms with Crippen LogP contribution in [0.2, 0.25) is 0 Å². The van der Waals surface area contributed by atoms with Gasteiger partial charge in [-0.25, -0.2) is 0 Å². The molecule has 0 aromatic heterocycles. The fourth-order valence-electron chi connectivity index (χ4n) is 3.85. The summed E-state index contributed by atoms with van der Waals surface area (Å²) in [5, 5.41) is 14.4. The van der Waals surface area contributed by atoms with Gasteiger partial charge >= 0.3 is 0 Å². The van der Waals surface area contributed by atoms with Crippen LogP contribution < -0.4 is 10.4 Å². The molecule has 122 valence electrons. The van der Waals surface area contributed by atoms with Gasteiger partial charge in [0, 0.05) is 17.6 Å². The average molecular weight is 312 g/mol. The third kappa shape index (κ3) is 3.03. The minimum atomic E-state index is -1.11. The molecule has 2 bridgehead atoms. The van der Waals surface area contributed by atoms with E-state index >= 15 is 0 Å². The molecular weight excluding hydrogens is 290 g/mol. The maximum atomic E-state index is 12.7. The van der Waals surface area contributed by atoms with Crippen LogP contribution in [0.4, 0.5) is 5.69 Å². The lowest BCUT2D eigenvalue weighted by atomic mass is 9.62. The molecule has 4 rings (SSSR count). The molecule has 1 N–H and O–H groups in total. The SMILES string of the molecule is CC(C)c1ccc(NC(=O)[C@@H]2[C@@H](C(=O)[O-])[C@@H]3C=C[C@@H]2CC3)cc1. The van der Waals surface area contributed by atoms with Gasteiger partial charge in [0.05, 0.1) is 5.92 Å². The van der Waals surface area contributed by atoms with Gasteiger partial charge in [-0.2, -0.15) is 0 Å². The molecule has 0 heterocycles. The highest BCUT2D eigenvalue weighted by Gasteiger charge is 2.45. The molecular formula is C19H22NO3-. The Morgan fingerprint density at radius 3 is 2.09 bits per heavy atom. The quantitative estimate of drug-likeness (QED) is 0.868. The first-order chi connectivity index (χ1) is 11.0. The van der Waals surface area contributed by atoms with E-state index in [1.165, 1.54) is 5.56 Å². The number of aliphatic carboxylic acids is 1. The second kappa shape index (κ2) is 6.19. The van der Waals surface area contributed by atoms with Crippen LogP contribution in [0.25, 0.3) is 0 Å². The van der Waals surface area contributed by atoms with Crippen molar-refractivity contribution in [2.75, 3.05) is 5.32 Å². The van der Waals surface area contributed by atoms with Crippen molar-refractivity contribution < 1.29 is 14.7 Å². The first-order valence-electron chi connectivity index (χ1n) is 8.27. The molecule has 0 saturated heterocycles. The second-order valence-corrected chi connectivity index (χ2v) is 6.93. The highest BCUT2D eigenvalue weighted by Crippen LogP contribution is 2.45. The smallest absolute Gasteiger partial charge is 0.228 e. The van der Waals surface area contributed by atoms with Gasteiger partial charge in [-0.15, -0.1) is 0 Å². The van der Waals surface area contributed by atoms with E-state index in [2.05, 4.69) is 19.2 Å². The number of fused-ring (bicyclic) bond motifs is 2. The topological polar surface area (TPSA) is 69.2 Å². The summed E-state index contributed by atoms with van der Waals surface area (Å²) in [7, 11) is 0. The summed E-state index contributed by atoms with van der Waals surface area (Å²) < 4.78 is 0. The van der Waals surface area contributed by atoms with E-state index in [-0.39, 0.29) is 17.7 Å². The van der Waals surface area contributed by atoms with Crippen molar-refractivity contribution in [3.8, 4) is 0 Å². The number of rotatable bonds is 4. The van der Waals surface area contributed by atoms with Crippen LogP contribution >= 0.6 is 0 Å². The summed E-state index contributed by atoms with van der Waals surface area (Å²) in [4.78, 5) is 24.2. The standard InChI is InChI=1S/C19H23NO3/c1-11(2)12-7-9-15(10-8-12)20-18(21)16-13-3-5-14(6-4-13)17(16)19(22)23/h3,5,7-11,13-14,16-17H,4,6H2,1-2H3,(H,20,21)(H,22,23)/p-1/t13-,14-,16+,17+/m1/s1. The Kier molecular flexibility index (Phi) is 4.24. The van der Waals surface area contributed by atoms with Crippen molar-refractivity contribution in [1.82, 2.24) is 0 Å². The Balaban J connectivity index is 1.76. The molecule has 4 heteroatoms. The van der Waals surface area contributed by atoms with Gasteiger partial charge in [0.25, 0.3) is 0 Å². The zero-order valence-electron chi connectivity index (χ0n) is 13.5. The first kappa shape index (κ1) is 15.8. The van der Waals surface area contributed by atoms with Crippen LogP contribution in [-0.2, 0) is 9.59 Å². The monoisotopic (exact) mass is 312 g/mol. The highest BCUT2D eigenvalue weighted by atomic mass is 16.4. The lowest BCUT2D eigenvalue weighted by Crippen LogP contribution is -2.51. The molecule has 1 aromatic rings. The molecule has 0 spiro atoms. The second-order valence-electron chi connectivity index (χ2n) is 6.93. The van der Waals surface area contributed by atoms with Crippen LogP contribution in [0.1, 0.15) is 38.2 Å². The van der Waals surface area contributed by atoms with Crippen molar-refractivity contribution in [3.05, 3.63) is 42.0 Å². The lowest BCUT2D eigenvalue weighted by molar-refractivity contribution is -0.316. The number of anilines is 1. The van der Waals surface area contributed by atoms with Gasteiger partial charge in [-0.3, -0.25) is 4.79 Å². The number of hydrogen-bond donors (Lipinski definition) is 1. The molecule has 4 atom stereocenters. The largest absolute Gasteiger partial charge is 0.550 e. The van der Waals surface area contributed by atoms with E-state index in [1.807, 2.05) is 36.4 Å². The number of carboxylic acid groups (broad SMARTS) is 1. The van der Waals surface area contributed by atoms with Crippen LogP contribution in [0.5, 0.6) is 0 Å². The van der Waals surface area contributed by atoms with Crippen LogP contribution in [0.3, 0.4) is 0 Å². The predicted molar refractivity (Wildman–Crippen MR) is 86.5 cm³/mol. The van der Waals surface area contributed by atoms with Gasteiger partial charge in [-0.1, -0.05) is 38.1 Å². The molecule has 0 aliphatic heterocycles. The molecule has 23 heavy (non-hydrogen) atoms. The molecule has 3 aliphatic rings. The number of hydrogen-bond acceptors (Lipinski definition) is 3. The average Bonchev–Trinajstić information content (AvgIpc) is 2.55. The molecule has 1 fully saturated rings. The normalized spacial score (nSPS) is 28.8. The van der Waals surface area contributed by atoms with Crippen molar-refractivity contribution in [2.24, 2.45) is 23.7 Å². The maximum Gasteiger partial charge on any atom is 0.228 e. The molecule has 1 saturated carbocycles. The Hall–Kier alpha value is -2.10. The summed E-state index contributed by atoms with van der Waals surface area (Å²) >= 11 is 0. The molecule has 0 radical (unpaired) electrons. The number of benzene rings is 1. The van der Waals surface area contributed by atoms with Gasteiger partial charge in [0.2, 0.25) is 5.91 Å². The fourth-order valence-corrected chi connectivity index (χ4v) is 3.85. The molecule has 1 amide bonds.